The molecule has 1 aromatic heterocycles. The number of hydrogen-bond acceptors (Lipinski definition) is 3. The number of hydrogen-bond donors (Lipinski definition) is 1. The number of rotatable bonds is 5. The molecule has 0 bridgehead atoms. The van der Waals surface area contributed by atoms with Crippen molar-refractivity contribution < 1.29 is 9.53 Å². The normalized spacial score (nSPS) is 11.2. The number of nitrogens with zero attached hydrogens (tertiary/aromatic N) is 1. The van der Waals surface area contributed by atoms with Crippen LogP contribution >= 0.6 is 0 Å². The Morgan fingerprint density at radius 1 is 1.12 bits per heavy atom. The first-order valence-electron chi connectivity index (χ1n) is 8.43. The summed E-state index contributed by atoms with van der Waals surface area (Å²) in [4.78, 5) is 16.2. The molecule has 0 unspecified atom stereocenters. The van der Waals surface area contributed by atoms with Gasteiger partial charge in [0.15, 0.2) is 0 Å². The van der Waals surface area contributed by atoms with Crippen LogP contribution in [0.1, 0.15) is 46.1 Å². The summed E-state index contributed by atoms with van der Waals surface area (Å²) in [5, 5.41) is 2.69. The van der Waals surface area contributed by atoms with Crippen molar-refractivity contribution in [1.82, 2.24) is 4.98 Å². The number of ether oxygens (including phenoxy) is 1. The molecule has 0 saturated carbocycles. The lowest BCUT2D eigenvalue weighted by molar-refractivity contribution is 0.0636. The largest absolute Gasteiger partial charge is 0.444 e. The molecule has 24 heavy (non-hydrogen) atoms. The Bertz CT molecular complexity index is 656. The van der Waals surface area contributed by atoms with Crippen LogP contribution in [0.3, 0.4) is 0 Å². The third kappa shape index (κ3) is 5.69. The Kier molecular flexibility index (Phi) is 5.96. The zero-order valence-corrected chi connectivity index (χ0v) is 14.9. The number of carbonyl (C=O) groups is 1. The van der Waals surface area contributed by atoms with Crippen LogP contribution in [0.25, 0.3) is 11.3 Å². The van der Waals surface area contributed by atoms with Gasteiger partial charge in [0.1, 0.15) is 5.60 Å². The molecular weight excluding hydrogens is 300 g/mol. The zero-order valence-electron chi connectivity index (χ0n) is 14.9. The number of nitrogens with one attached hydrogen (secondary N) is 1. The molecule has 1 aromatic carbocycles. The number of anilines is 1. The first-order chi connectivity index (χ1) is 11.4. The van der Waals surface area contributed by atoms with Gasteiger partial charge < -0.3 is 4.74 Å². The van der Waals surface area contributed by atoms with E-state index in [1.54, 1.807) is 6.20 Å². The number of aryl methyl sites for hydroxylation is 1. The van der Waals surface area contributed by atoms with E-state index in [0.29, 0.717) is 5.69 Å². The minimum atomic E-state index is -0.517. The van der Waals surface area contributed by atoms with Gasteiger partial charge in [-0.05, 0) is 51.3 Å². The summed E-state index contributed by atoms with van der Waals surface area (Å²) in [5.74, 6) is 0. The number of benzene rings is 1. The molecule has 0 aliphatic carbocycles. The molecule has 1 N–H and O–H groups in total. The van der Waals surface area contributed by atoms with Crippen LogP contribution in [0.2, 0.25) is 0 Å². The second-order valence-electron chi connectivity index (χ2n) is 6.86. The molecule has 0 spiro atoms. The van der Waals surface area contributed by atoms with Gasteiger partial charge in [-0.25, -0.2) is 4.79 Å². The van der Waals surface area contributed by atoms with E-state index in [2.05, 4.69) is 41.5 Å². The van der Waals surface area contributed by atoms with Crippen LogP contribution in [0, 0.1) is 0 Å². The first kappa shape index (κ1) is 18.0. The Balaban J connectivity index is 2.00. The van der Waals surface area contributed by atoms with Crippen LogP contribution in [0.5, 0.6) is 0 Å². The number of carbonyl (C=O) groups excluding carboxylic acids is 1. The summed E-state index contributed by atoms with van der Waals surface area (Å²) in [5.41, 5.74) is 3.40. The van der Waals surface area contributed by atoms with Crippen molar-refractivity contribution in [3.8, 4) is 11.3 Å². The number of amides is 1. The predicted octanol–water partition coefficient (Wildman–Crippen LogP) is 5.44. The Hall–Kier alpha value is -2.36. The van der Waals surface area contributed by atoms with Gasteiger partial charge in [-0.2, -0.15) is 0 Å². The topological polar surface area (TPSA) is 51.2 Å². The van der Waals surface area contributed by atoms with Crippen LogP contribution in [-0.2, 0) is 11.2 Å². The molecule has 4 nitrogen and oxygen atoms in total. The monoisotopic (exact) mass is 326 g/mol. The molecular formula is C20H26N2O2. The molecule has 128 valence electrons. The third-order valence-electron chi connectivity index (χ3n) is 3.48. The van der Waals surface area contributed by atoms with E-state index in [9.17, 15) is 4.79 Å². The van der Waals surface area contributed by atoms with E-state index < -0.39 is 11.7 Å². The highest BCUT2D eigenvalue weighted by Crippen LogP contribution is 2.20. The third-order valence-corrected chi connectivity index (χ3v) is 3.48. The molecule has 0 aliphatic rings. The van der Waals surface area contributed by atoms with E-state index in [1.807, 2.05) is 32.9 Å². The highest BCUT2D eigenvalue weighted by molar-refractivity contribution is 5.84. The van der Waals surface area contributed by atoms with Gasteiger partial charge in [-0.3, -0.25) is 10.3 Å². The molecule has 0 fully saturated rings. The Morgan fingerprint density at radius 2 is 1.83 bits per heavy atom. The van der Waals surface area contributed by atoms with Crippen molar-refractivity contribution in [1.29, 1.82) is 0 Å². The summed E-state index contributed by atoms with van der Waals surface area (Å²) in [6.45, 7) is 7.69. The van der Waals surface area contributed by atoms with Crippen molar-refractivity contribution in [3.05, 3.63) is 48.2 Å². The van der Waals surface area contributed by atoms with Gasteiger partial charge in [0.2, 0.25) is 0 Å². The molecule has 2 rings (SSSR count). The second-order valence-corrected chi connectivity index (χ2v) is 6.86. The van der Waals surface area contributed by atoms with E-state index >= 15 is 0 Å². The SMILES string of the molecule is CCCCc1ccc(-c2ccc(NC(=O)OC(C)(C)C)cn2)cc1. The molecule has 2 aromatic rings. The van der Waals surface area contributed by atoms with Gasteiger partial charge >= 0.3 is 6.09 Å². The Labute approximate surface area is 144 Å². The van der Waals surface area contributed by atoms with E-state index in [4.69, 9.17) is 4.74 Å². The van der Waals surface area contributed by atoms with E-state index in [-0.39, 0.29) is 0 Å². The number of unbranched alkanes of at least 4 members (excludes halogenated alkanes) is 1. The van der Waals surface area contributed by atoms with Crippen molar-refractivity contribution in [3.63, 3.8) is 0 Å². The van der Waals surface area contributed by atoms with Crippen LogP contribution in [-0.4, -0.2) is 16.7 Å². The van der Waals surface area contributed by atoms with Gasteiger partial charge in [0.05, 0.1) is 17.6 Å². The molecule has 1 heterocycles. The fraction of sp³-hybridized carbons (Fsp3) is 0.400. The van der Waals surface area contributed by atoms with Crippen molar-refractivity contribution in [2.24, 2.45) is 0 Å². The predicted molar refractivity (Wildman–Crippen MR) is 98.1 cm³/mol. The highest BCUT2D eigenvalue weighted by Gasteiger charge is 2.16. The van der Waals surface area contributed by atoms with Crippen molar-refractivity contribution in [2.75, 3.05) is 5.32 Å². The van der Waals surface area contributed by atoms with Crippen LogP contribution in [0.15, 0.2) is 42.6 Å². The molecule has 4 heteroatoms. The smallest absolute Gasteiger partial charge is 0.412 e. The van der Waals surface area contributed by atoms with Crippen molar-refractivity contribution in [2.45, 2.75) is 52.6 Å². The average Bonchev–Trinajstić information content (AvgIpc) is 2.52. The zero-order chi connectivity index (χ0) is 17.6. The lowest BCUT2D eigenvalue weighted by Gasteiger charge is -2.19. The Morgan fingerprint density at radius 3 is 2.38 bits per heavy atom. The lowest BCUT2D eigenvalue weighted by Crippen LogP contribution is -2.27. The maximum atomic E-state index is 11.7. The van der Waals surface area contributed by atoms with Gasteiger partial charge in [0.25, 0.3) is 0 Å². The number of pyridine rings is 1. The van der Waals surface area contributed by atoms with Gasteiger partial charge in [-0.15, -0.1) is 0 Å². The van der Waals surface area contributed by atoms with E-state index in [0.717, 1.165) is 17.7 Å². The lowest BCUT2D eigenvalue weighted by atomic mass is 10.0. The fourth-order valence-corrected chi connectivity index (χ4v) is 2.28. The standard InChI is InChI=1S/C20H26N2O2/c1-5-6-7-15-8-10-16(11-9-15)18-13-12-17(14-21-18)22-19(23)24-20(2,3)4/h8-14H,5-7H2,1-4H3,(H,22,23). The summed E-state index contributed by atoms with van der Waals surface area (Å²) >= 11 is 0. The van der Waals surface area contributed by atoms with E-state index in [1.165, 1.54) is 18.4 Å². The van der Waals surface area contributed by atoms with Crippen LogP contribution < -0.4 is 5.32 Å². The summed E-state index contributed by atoms with van der Waals surface area (Å²) in [6, 6.07) is 12.2. The number of aromatic nitrogens is 1. The summed E-state index contributed by atoms with van der Waals surface area (Å²) in [7, 11) is 0. The van der Waals surface area contributed by atoms with Crippen LogP contribution in [0.4, 0.5) is 10.5 Å². The molecule has 1 amide bonds. The first-order valence-corrected chi connectivity index (χ1v) is 8.43. The highest BCUT2D eigenvalue weighted by atomic mass is 16.6. The maximum Gasteiger partial charge on any atom is 0.412 e. The minimum Gasteiger partial charge on any atom is -0.444 e. The molecule has 0 aliphatic heterocycles. The van der Waals surface area contributed by atoms with Gasteiger partial charge in [-0.1, -0.05) is 37.6 Å². The summed E-state index contributed by atoms with van der Waals surface area (Å²) < 4.78 is 5.22. The molecule has 0 radical (unpaired) electrons. The summed E-state index contributed by atoms with van der Waals surface area (Å²) in [6.07, 6.45) is 4.70. The second kappa shape index (κ2) is 7.95. The fourth-order valence-electron chi connectivity index (χ4n) is 2.28. The minimum absolute atomic E-state index is 0.475. The van der Waals surface area contributed by atoms with Crippen molar-refractivity contribution >= 4 is 11.8 Å². The molecule has 0 atom stereocenters. The van der Waals surface area contributed by atoms with Gasteiger partial charge in [0, 0.05) is 5.56 Å². The molecule has 0 saturated heterocycles. The average molecular weight is 326 g/mol. The quantitative estimate of drug-likeness (QED) is 0.796. The maximum absolute atomic E-state index is 11.7.